The Balaban J connectivity index is 1.70. The van der Waals surface area contributed by atoms with Crippen molar-refractivity contribution in [1.29, 1.82) is 0 Å². The maximum Gasteiger partial charge on any atom is 0.414 e. The molecule has 6 heteroatoms. The van der Waals surface area contributed by atoms with Gasteiger partial charge in [0.1, 0.15) is 5.60 Å². The van der Waals surface area contributed by atoms with Crippen LogP contribution in [0, 0.1) is 11.3 Å². The molecule has 0 aromatic heterocycles. The highest BCUT2D eigenvalue weighted by Gasteiger charge is 2.52. The van der Waals surface area contributed by atoms with E-state index in [-0.39, 0.29) is 17.4 Å². The number of amides is 2. The topological polar surface area (TPSA) is 58.6 Å². The number of carbonyl (C=O) groups is 2. The van der Waals surface area contributed by atoms with Crippen LogP contribution in [0.3, 0.4) is 0 Å². The van der Waals surface area contributed by atoms with Gasteiger partial charge in [0.05, 0.1) is 21.8 Å². The molecule has 0 radical (unpaired) electrons. The lowest BCUT2D eigenvalue weighted by Crippen LogP contribution is -2.40. The first-order valence-electron chi connectivity index (χ1n) is 9.93. The Bertz CT molecular complexity index is 881. The summed E-state index contributed by atoms with van der Waals surface area (Å²) in [6, 6.07) is 3.91. The maximum atomic E-state index is 12.8. The van der Waals surface area contributed by atoms with Gasteiger partial charge < -0.3 is 10.1 Å². The molecule has 1 spiro atoms. The number of anilines is 1. The van der Waals surface area contributed by atoms with E-state index in [9.17, 15) is 9.59 Å². The van der Waals surface area contributed by atoms with Gasteiger partial charge in [-0.15, -0.1) is 0 Å². The Morgan fingerprint density at radius 1 is 1.32 bits per heavy atom. The molecule has 0 unspecified atom stereocenters. The molecule has 0 saturated heterocycles. The second-order valence-electron chi connectivity index (χ2n) is 9.42. The smallest absolute Gasteiger partial charge is 0.414 e. The van der Waals surface area contributed by atoms with Crippen molar-refractivity contribution >= 4 is 35.0 Å². The van der Waals surface area contributed by atoms with Crippen molar-refractivity contribution in [1.82, 2.24) is 4.90 Å². The number of halogens is 1. The van der Waals surface area contributed by atoms with Crippen LogP contribution in [0.4, 0.5) is 10.5 Å². The molecule has 2 aliphatic heterocycles. The molecule has 4 rings (SSSR count). The van der Waals surface area contributed by atoms with Gasteiger partial charge in [-0.2, -0.15) is 0 Å². The number of benzene rings is 1. The molecular weight excluding hydrogens is 376 g/mol. The van der Waals surface area contributed by atoms with Crippen LogP contribution in [0.1, 0.15) is 58.1 Å². The normalized spacial score (nSPS) is 23.0. The summed E-state index contributed by atoms with van der Waals surface area (Å²) in [7, 11) is 0. The summed E-state index contributed by atoms with van der Waals surface area (Å²) in [4.78, 5) is 26.9. The third-order valence-corrected chi connectivity index (χ3v) is 5.98. The number of carbonyl (C=O) groups excluding carboxylic acids is 2. The van der Waals surface area contributed by atoms with Gasteiger partial charge in [-0.1, -0.05) is 24.6 Å². The molecule has 2 heterocycles. The van der Waals surface area contributed by atoms with Crippen LogP contribution in [0.25, 0.3) is 5.70 Å². The van der Waals surface area contributed by atoms with E-state index in [0.717, 1.165) is 36.1 Å². The summed E-state index contributed by atoms with van der Waals surface area (Å²) in [5, 5.41) is 3.50. The first-order chi connectivity index (χ1) is 13.1. The Morgan fingerprint density at radius 3 is 2.68 bits per heavy atom. The summed E-state index contributed by atoms with van der Waals surface area (Å²) >= 11 is 6.53. The predicted octanol–water partition coefficient (Wildman–Crippen LogP) is 5.23. The lowest BCUT2D eigenvalue weighted by molar-refractivity contribution is -0.121. The van der Waals surface area contributed by atoms with Gasteiger partial charge in [0, 0.05) is 6.54 Å². The van der Waals surface area contributed by atoms with Gasteiger partial charge >= 0.3 is 6.09 Å². The Hall–Kier alpha value is -2.01. The van der Waals surface area contributed by atoms with Crippen LogP contribution in [0.2, 0.25) is 5.02 Å². The van der Waals surface area contributed by atoms with E-state index in [2.05, 4.69) is 24.4 Å². The molecule has 5 nitrogen and oxygen atoms in total. The van der Waals surface area contributed by atoms with Gasteiger partial charge in [-0.3, -0.25) is 9.69 Å². The van der Waals surface area contributed by atoms with Gasteiger partial charge in [0.25, 0.3) is 0 Å². The zero-order valence-electron chi connectivity index (χ0n) is 16.9. The van der Waals surface area contributed by atoms with Gasteiger partial charge in [-0.05, 0) is 75.6 Å². The lowest BCUT2D eigenvalue weighted by Gasteiger charge is -2.34. The zero-order valence-corrected chi connectivity index (χ0v) is 17.7. The molecule has 0 bridgehead atoms. The minimum atomic E-state index is -0.557. The molecule has 1 N–H and O–H groups in total. The standard InChI is InChI=1S/C22H27ClN2O3/c1-13-5-6-17(25(12-13)20(27)28-21(2,3)4)14-9-15-11-22(7-8-22)19(26)24-18(15)16(23)10-14/h6,9-10,13H,5,7-8,11-12H2,1-4H3,(H,24,26)/t13-/m0/s1. The van der Waals surface area contributed by atoms with E-state index < -0.39 is 5.60 Å². The molecule has 1 aromatic rings. The molecule has 1 atom stereocenters. The van der Waals surface area contributed by atoms with Crippen molar-refractivity contribution in [3.63, 3.8) is 0 Å². The van der Waals surface area contributed by atoms with Crippen LogP contribution in [0.15, 0.2) is 18.2 Å². The van der Waals surface area contributed by atoms with E-state index in [1.54, 1.807) is 4.90 Å². The van der Waals surface area contributed by atoms with Crippen molar-refractivity contribution in [2.45, 2.75) is 59.0 Å². The maximum absolute atomic E-state index is 12.8. The van der Waals surface area contributed by atoms with E-state index in [1.165, 1.54) is 0 Å². The molecule has 1 fully saturated rings. The summed E-state index contributed by atoms with van der Waals surface area (Å²) in [5.74, 6) is 0.439. The van der Waals surface area contributed by atoms with E-state index in [4.69, 9.17) is 16.3 Å². The molecule has 3 aliphatic rings. The van der Waals surface area contributed by atoms with Gasteiger partial charge in [-0.25, -0.2) is 4.79 Å². The third-order valence-electron chi connectivity index (χ3n) is 5.68. The van der Waals surface area contributed by atoms with Crippen molar-refractivity contribution in [2.75, 3.05) is 11.9 Å². The van der Waals surface area contributed by atoms with Gasteiger partial charge in [0.2, 0.25) is 5.91 Å². The number of hydrogen-bond donors (Lipinski definition) is 1. The molecule has 2 amide bonds. The SMILES string of the molecule is C[C@H]1CC=C(c2cc(Cl)c3c(c2)CC2(CC2)C(=O)N3)N(C(=O)OC(C)(C)C)C1. The number of ether oxygens (including phenoxy) is 1. The Kier molecular flexibility index (Phi) is 4.49. The van der Waals surface area contributed by atoms with Crippen molar-refractivity contribution in [3.05, 3.63) is 34.4 Å². The minimum Gasteiger partial charge on any atom is -0.443 e. The lowest BCUT2D eigenvalue weighted by atomic mass is 9.88. The van der Waals surface area contributed by atoms with E-state index in [0.29, 0.717) is 29.6 Å². The highest BCUT2D eigenvalue weighted by atomic mass is 35.5. The minimum absolute atomic E-state index is 0.0794. The third kappa shape index (κ3) is 3.52. The van der Waals surface area contributed by atoms with Crippen LogP contribution < -0.4 is 5.32 Å². The molecule has 1 aromatic carbocycles. The summed E-state index contributed by atoms with van der Waals surface area (Å²) in [6.07, 6.45) is 5.19. The summed E-state index contributed by atoms with van der Waals surface area (Å²) in [6.45, 7) is 8.34. The summed E-state index contributed by atoms with van der Waals surface area (Å²) < 4.78 is 5.63. The number of rotatable bonds is 1. The van der Waals surface area contributed by atoms with E-state index in [1.807, 2.05) is 26.8 Å². The second kappa shape index (κ2) is 6.51. The molecule has 28 heavy (non-hydrogen) atoms. The average Bonchev–Trinajstić information content (AvgIpc) is 3.35. The average molecular weight is 403 g/mol. The van der Waals surface area contributed by atoms with E-state index >= 15 is 0 Å². The van der Waals surface area contributed by atoms with Gasteiger partial charge in [0.15, 0.2) is 0 Å². The number of allylic oxidation sites excluding steroid dienone is 1. The Morgan fingerprint density at radius 2 is 2.04 bits per heavy atom. The quantitative estimate of drug-likeness (QED) is 0.699. The Labute approximate surface area is 171 Å². The zero-order chi connectivity index (χ0) is 20.3. The molecule has 1 saturated carbocycles. The number of nitrogens with zero attached hydrogens (tertiary/aromatic N) is 1. The van der Waals surface area contributed by atoms with Crippen LogP contribution in [-0.2, 0) is 16.0 Å². The van der Waals surface area contributed by atoms with Crippen molar-refractivity contribution < 1.29 is 14.3 Å². The van der Waals surface area contributed by atoms with Crippen LogP contribution in [0.5, 0.6) is 0 Å². The highest BCUT2D eigenvalue weighted by Crippen LogP contribution is 2.53. The fourth-order valence-corrected chi connectivity index (χ4v) is 4.29. The fourth-order valence-electron chi connectivity index (χ4n) is 4.01. The highest BCUT2D eigenvalue weighted by molar-refractivity contribution is 6.34. The molecule has 1 aliphatic carbocycles. The number of nitrogens with one attached hydrogen (secondary N) is 1. The first-order valence-corrected chi connectivity index (χ1v) is 10.3. The molecule has 150 valence electrons. The first kappa shape index (κ1) is 19.3. The number of hydrogen-bond acceptors (Lipinski definition) is 3. The predicted molar refractivity (Wildman–Crippen MR) is 110 cm³/mol. The fraction of sp³-hybridized carbons (Fsp3) is 0.545. The largest absolute Gasteiger partial charge is 0.443 e. The van der Waals surface area contributed by atoms with Crippen molar-refractivity contribution in [2.24, 2.45) is 11.3 Å². The summed E-state index contributed by atoms with van der Waals surface area (Å²) in [5.41, 5.74) is 2.67. The number of fused-ring (bicyclic) bond motifs is 1. The van der Waals surface area contributed by atoms with Crippen LogP contribution >= 0.6 is 11.6 Å². The monoisotopic (exact) mass is 402 g/mol. The van der Waals surface area contributed by atoms with Crippen LogP contribution in [-0.4, -0.2) is 29.0 Å². The van der Waals surface area contributed by atoms with Crippen molar-refractivity contribution in [3.8, 4) is 0 Å². The second-order valence-corrected chi connectivity index (χ2v) is 9.83. The molecular formula is C22H27ClN2O3.